The minimum absolute atomic E-state index is 0.393. The molecule has 10 heteroatoms. The Labute approximate surface area is 201 Å². The first-order valence-electron chi connectivity index (χ1n) is 10.6. The molecule has 0 bridgehead atoms. The van der Waals surface area contributed by atoms with Crippen LogP contribution >= 0.6 is 11.6 Å². The first-order chi connectivity index (χ1) is 16.4. The number of benzene rings is 2. The van der Waals surface area contributed by atoms with Crippen LogP contribution in [0.15, 0.2) is 60.8 Å². The Bertz CT molecular complexity index is 1250. The lowest BCUT2D eigenvalue weighted by molar-refractivity contribution is 0.187. The molecule has 1 atom stereocenters. The lowest BCUT2D eigenvalue weighted by atomic mass is 10.1. The summed E-state index contributed by atoms with van der Waals surface area (Å²) < 4.78 is 11.7. The third-order valence-corrected chi connectivity index (χ3v) is 5.52. The second-order valence-electron chi connectivity index (χ2n) is 7.64. The second-order valence-corrected chi connectivity index (χ2v) is 8.02. The van der Waals surface area contributed by atoms with Gasteiger partial charge in [0, 0.05) is 23.9 Å². The summed E-state index contributed by atoms with van der Waals surface area (Å²) in [5.41, 5.74) is 10.4. The molecule has 0 radical (unpaired) electrons. The molecule has 0 aliphatic carbocycles. The summed E-state index contributed by atoms with van der Waals surface area (Å²) in [6, 6.07) is 16.5. The number of nitrogens with two attached hydrogens (primary N) is 1. The van der Waals surface area contributed by atoms with Gasteiger partial charge < -0.3 is 20.2 Å². The van der Waals surface area contributed by atoms with E-state index in [4.69, 9.17) is 22.1 Å². The zero-order valence-electron chi connectivity index (χ0n) is 18.8. The predicted octanol–water partition coefficient (Wildman–Crippen LogP) is 4.40. The number of hydrogen-bond donors (Lipinski definition) is 3. The summed E-state index contributed by atoms with van der Waals surface area (Å²) in [6.07, 6.45) is 1.89. The number of hydrogen-bond acceptors (Lipinski definition) is 6. The molecule has 4 rings (SSSR count). The van der Waals surface area contributed by atoms with Crippen LogP contribution in [0, 0.1) is 0 Å². The fourth-order valence-electron chi connectivity index (χ4n) is 3.46. The molecule has 4 N–H and O–H groups in total. The maximum Gasteiger partial charge on any atom is 0.411 e. The van der Waals surface area contributed by atoms with Crippen LogP contribution in [0.3, 0.4) is 0 Å². The van der Waals surface area contributed by atoms with E-state index in [9.17, 15) is 4.79 Å². The monoisotopic (exact) mass is 480 g/mol. The summed E-state index contributed by atoms with van der Waals surface area (Å²) in [6.45, 7) is 0.650. The zero-order valence-corrected chi connectivity index (χ0v) is 19.5. The van der Waals surface area contributed by atoms with Crippen LogP contribution in [0.5, 0.6) is 5.75 Å². The summed E-state index contributed by atoms with van der Waals surface area (Å²) in [7, 11) is 2.96. The Hall–Kier alpha value is -3.82. The molecule has 0 saturated heterocycles. The molecule has 9 nitrogen and oxygen atoms in total. The number of carbonyl (C=O) groups is 1. The van der Waals surface area contributed by atoms with Crippen LogP contribution in [0.4, 0.5) is 10.5 Å². The quantitative estimate of drug-likeness (QED) is 0.343. The number of nitrogens with zero attached hydrogens (tertiary/aromatic N) is 3. The third kappa shape index (κ3) is 5.56. The number of imidazole rings is 1. The van der Waals surface area contributed by atoms with E-state index in [1.165, 1.54) is 7.11 Å². The SMILES string of the molecule is COC(=O)Nc1ccc(-c2nc(C(N)Cc3ccn(Cc4ccc(OC)cc4)n3)[nH]c2Cl)cc1. The van der Waals surface area contributed by atoms with Gasteiger partial charge >= 0.3 is 6.09 Å². The van der Waals surface area contributed by atoms with E-state index in [1.54, 1.807) is 19.2 Å². The van der Waals surface area contributed by atoms with Crippen molar-refractivity contribution in [3.63, 3.8) is 0 Å². The number of methoxy groups -OCH3 is 2. The molecule has 1 amide bonds. The van der Waals surface area contributed by atoms with Gasteiger partial charge in [-0.3, -0.25) is 10.00 Å². The molecule has 0 spiro atoms. The van der Waals surface area contributed by atoms with Gasteiger partial charge in [0.15, 0.2) is 0 Å². The number of H-pyrrole nitrogens is 1. The van der Waals surface area contributed by atoms with Gasteiger partial charge in [-0.1, -0.05) is 35.9 Å². The normalized spacial score (nSPS) is 11.8. The Balaban J connectivity index is 1.41. The van der Waals surface area contributed by atoms with Gasteiger partial charge in [0.25, 0.3) is 0 Å². The number of ether oxygens (including phenoxy) is 2. The van der Waals surface area contributed by atoms with Gasteiger partial charge in [0.05, 0.1) is 32.5 Å². The van der Waals surface area contributed by atoms with Gasteiger partial charge in [-0.25, -0.2) is 9.78 Å². The van der Waals surface area contributed by atoms with E-state index in [-0.39, 0.29) is 0 Å². The number of aromatic nitrogens is 4. The van der Waals surface area contributed by atoms with E-state index in [1.807, 2.05) is 53.3 Å². The van der Waals surface area contributed by atoms with E-state index in [0.29, 0.717) is 35.3 Å². The Morgan fingerprint density at radius 1 is 1.15 bits per heavy atom. The first kappa shape index (κ1) is 23.3. The number of anilines is 1. The molecule has 1 unspecified atom stereocenters. The van der Waals surface area contributed by atoms with Crippen molar-refractivity contribution in [3.05, 3.63) is 83.0 Å². The van der Waals surface area contributed by atoms with Crippen LogP contribution in [0.2, 0.25) is 5.15 Å². The summed E-state index contributed by atoms with van der Waals surface area (Å²) in [5, 5.41) is 7.62. The van der Waals surface area contributed by atoms with E-state index < -0.39 is 12.1 Å². The molecule has 4 aromatic rings. The van der Waals surface area contributed by atoms with E-state index in [2.05, 4.69) is 25.1 Å². The van der Waals surface area contributed by atoms with Crippen molar-refractivity contribution in [2.75, 3.05) is 19.5 Å². The summed E-state index contributed by atoms with van der Waals surface area (Å²) in [5.74, 6) is 1.39. The lowest BCUT2D eigenvalue weighted by Gasteiger charge is -2.07. The van der Waals surface area contributed by atoms with Gasteiger partial charge in [-0.05, 0) is 35.9 Å². The minimum atomic E-state index is -0.537. The van der Waals surface area contributed by atoms with Gasteiger partial charge in [-0.2, -0.15) is 5.10 Å². The molecule has 0 aliphatic rings. The number of nitrogens with one attached hydrogen (secondary N) is 2. The highest BCUT2D eigenvalue weighted by Gasteiger charge is 2.17. The maximum absolute atomic E-state index is 11.3. The van der Waals surface area contributed by atoms with Crippen molar-refractivity contribution in [2.24, 2.45) is 5.73 Å². The van der Waals surface area contributed by atoms with Gasteiger partial charge in [-0.15, -0.1) is 0 Å². The van der Waals surface area contributed by atoms with Crippen molar-refractivity contribution in [2.45, 2.75) is 19.0 Å². The predicted molar refractivity (Wildman–Crippen MR) is 130 cm³/mol. The number of halogens is 1. The molecule has 2 aromatic carbocycles. The molecule has 0 fully saturated rings. The van der Waals surface area contributed by atoms with E-state index >= 15 is 0 Å². The van der Waals surface area contributed by atoms with Crippen LogP contribution in [-0.2, 0) is 17.7 Å². The molecular formula is C24H25ClN6O3. The average molecular weight is 481 g/mol. The smallest absolute Gasteiger partial charge is 0.411 e. The number of amides is 1. The Morgan fingerprint density at radius 3 is 2.56 bits per heavy atom. The highest BCUT2D eigenvalue weighted by atomic mass is 35.5. The van der Waals surface area contributed by atoms with Crippen molar-refractivity contribution < 1.29 is 14.3 Å². The van der Waals surface area contributed by atoms with E-state index in [0.717, 1.165) is 22.6 Å². The molecule has 34 heavy (non-hydrogen) atoms. The minimum Gasteiger partial charge on any atom is -0.497 e. The molecule has 2 heterocycles. The highest BCUT2D eigenvalue weighted by molar-refractivity contribution is 6.31. The number of carbonyl (C=O) groups excluding carboxylic acids is 1. The fourth-order valence-corrected chi connectivity index (χ4v) is 3.71. The Morgan fingerprint density at radius 2 is 1.88 bits per heavy atom. The average Bonchev–Trinajstić information content (AvgIpc) is 3.46. The number of aromatic amines is 1. The fraction of sp³-hybridized carbons (Fsp3) is 0.208. The zero-order chi connectivity index (χ0) is 24.1. The largest absolute Gasteiger partial charge is 0.497 e. The summed E-state index contributed by atoms with van der Waals surface area (Å²) in [4.78, 5) is 19.0. The molecule has 0 saturated carbocycles. The topological polar surface area (TPSA) is 120 Å². The maximum atomic E-state index is 11.3. The van der Waals surface area contributed by atoms with Gasteiger partial charge in [0.2, 0.25) is 0 Å². The van der Waals surface area contributed by atoms with Crippen LogP contribution in [0.25, 0.3) is 11.3 Å². The highest BCUT2D eigenvalue weighted by Crippen LogP contribution is 2.28. The van der Waals surface area contributed by atoms with Crippen molar-refractivity contribution in [3.8, 4) is 17.0 Å². The second kappa shape index (κ2) is 10.4. The molecular weight excluding hydrogens is 456 g/mol. The van der Waals surface area contributed by atoms with Crippen LogP contribution in [-0.4, -0.2) is 40.1 Å². The molecule has 176 valence electrons. The first-order valence-corrected chi connectivity index (χ1v) is 10.9. The lowest BCUT2D eigenvalue weighted by Crippen LogP contribution is -2.15. The molecule has 2 aromatic heterocycles. The van der Waals surface area contributed by atoms with Crippen molar-refractivity contribution >= 4 is 23.4 Å². The van der Waals surface area contributed by atoms with Crippen LogP contribution < -0.4 is 15.8 Å². The van der Waals surface area contributed by atoms with Crippen molar-refractivity contribution in [1.82, 2.24) is 19.7 Å². The van der Waals surface area contributed by atoms with Crippen molar-refractivity contribution in [1.29, 1.82) is 0 Å². The Kier molecular flexibility index (Phi) is 7.15. The number of rotatable bonds is 8. The van der Waals surface area contributed by atoms with Gasteiger partial charge in [0.1, 0.15) is 22.4 Å². The summed E-state index contributed by atoms with van der Waals surface area (Å²) >= 11 is 6.40. The molecule has 0 aliphatic heterocycles. The standard InChI is InChI=1S/C24H25ClN6O3/c1-33-19-9-3-15(4-10-19)14-31-12-11-18(30-31)13-20(26)23-28-21(22(25)29-23)16-5-7-17(8-6-16)27-24(32)34-2/h3-12,20H,13-14,26H2,1-2H3,(H,27,32)(H,28,29). The third-order valence-electron chi connectivity index (χ3n) is 5.25. The van der Waals surface area contributed by atoms with Crippen LogP contribution in [0.1, 0.15) is 23.1 Å².